The minimum Gasteiger partial charge on any atom is -0.465 e. The van der Waals surface area contributed by atoms with Crippen molar-refractivity contribution in [3.8, 4) is 0 Å². The lowest BCUT2D eigenvalue weighted by Crippen LogP contribution is -2.15. The molecule has 0 aliphatic rings. The van der Waals surface area contributed by atoms with Crippen LogP contribution in [0.25, 0.3) is 0 Å². The van der Waals surface area contributed by atoms with Crippen molar-refractivity contribution in [2.45, 2.75) is 13.0 Å². The number of hydrogen-bond acceptors (Lipinski definition) is 5. The van der Waals surface area contributed by atoms with Crippen LogP contribution in [0.1, 0.15) is 16.1 Å². The number of nitrogens with zero attached hydrogens (tertiary/aromatic N) is 2. The Kier molecular flexibility index (Phi) is 4.30. The summed E-state index contributed by atoms with van der Waals surface area (Å²) in [5.74, 6) is -0.600. The number of carbonyl (C=O) groups is 2. The van der Waals surface area contributed by atoms with Gasteiger partial charge in [-0.2, -0.15) is 0 Å². The highest BCUT2D eigenvalue weighted by molar-refractivity contribution is 7.12. The summed E-state index contributed by atoms with van der Waals surface area (Å²) in [6.07, 6.45) is 5.41. The molecule has 0 atom stereocenters. The Bertz CT molecular complexity index is 563. The molecule has 0 fully saturated rings. The molecule has 19 heavy (non-hydrogen) atoms. The number of aromatic nitrogens is 2. The van der Waals surface area contributed by atoms with Crippen molar-refractivity contribution in [2.75, 3.05) is 12.4 Å². The highest BCUT2D eigenvalue weighted by atomic mass is 32.1. The SMILES string of the molecule is COC(=O)c1sccc1NC(=O)CCn1ccnc1. The van der Waals surface area contributed by atoms with Gasteiger partial charge in [-0.3, -0.25) is 4.79 Å². The highest BCUT2D eigenvalue weighted by Gasteiger charge is 2.15. The van der Waals surface area contributed by atoms with E-state index in [-0.39, 0.29) is 5.91 Å². The summed E-state index contributed by atoms with van der Waals surface area (Å²) in [7, 11) is 1.31. The molecule has 2 aromatic heterocycles. The fourth-order valence-corrected chi connectivity index (χ4v) is 2.29. The van der Waals surface area contributed by atoms with Crippen molar-refractivity contribution in [3.05, 3.63) is 35.0 Å². The monoisotopic (exact) mass is 279 g/mol. The Labute approximate surface area is 114 Å². The summed E-state index contributed by atoms with van der Waals surface area (Å²) in [6, 6.07) is 1.69. The average Bonchev–Trinajstić information content (AvgIpc) is 3.06. The lowest BCUT2D eigenvalue weighted by Gasteiger charge is -2.06. The molecule has 0 aliphatic carbocycles. The van der Waals surface area contributed by atoms with E-state index in [2.05, 4.69) is 15.0 Å². The van der Waals surface area contributed by atoms with Gasteiger partial charge < -0.3 is 14.6 Å². The summed E-state index contributed by atoms with van der Waals surface area (Å²) in [4.78, 5) is 27.5. The second-order valence-corrected chi connectivity index (χ2v) is 4.67. The summed E-state index contributed by atoms with van der Waals surface area (Å²) < 4.78 is 6.46. The first-order chi connectivity index (χ1) is 9.20. The van der Waals surface area contributed by atoms with Crippen LogP contribution < -0.4 is 5.32 Å². The van der Waals surface area contributed by atoms with E-state index in [1.807, 2.05) is 4.57 Å². The average molecular weight is 279 g/mol. The molecule has 0 bridgehead atoms. The number of carbonyl (C=O) groups excluding carboxylic acids is 2. The molecule has 7 heteroatoms. The summed E-state index contributed by atoms with van der Waals surface area (Å²) in [6.45, 7) is 0.545. The van der Waals surface area contributed by atoms with Crippen LogP contribution in [0, 0.1) is 0 Å². The van der Waals surface area contributed by atoms with Crippen molar-refractivity contribution in [1.82, 2.24) is 9.55 Å². The molecule has 6 nitrogen and oxygen atoms in total. The number of anilines is 1. The number of aryl methyl sites for hydroxylation is 1. The Morgan fingerprint density at radius 2 is 2.37 bits per heavy atom. The molecule has 2 rings (SSSR count). The predicted molar refractivity (Wildman–Crippen MR) is 71.1 cm³/mol. The van der Waals surface area contributed by atoms with E-state index in [9.17, 15) is 9.59 Å². The molecule has 0 spiro atoms. The lowest BCUT2D eigenvalue weighted by atomic mass is 10.3. The van der Waals surface area contributed by atoms with Crippen molar-refractivity contribution in [1.29, 1.82) is 0 Å². The Morgan fingerprint density at radius 1 is 1.53 bits per heavy atom. The first-order valence-electron chi connectivity index (χ1n) is 5.62. The van der Waals surface area contributed by atoms with Crippen molar-refractivity contribution in [3.63, 3.8) is 0 Å². The third-order valence-electron chi connectivity index (χ3n) is 2.47. The molecular formula is C12H13N3O3S. The quantitative estimate of drug-likeness (QED) is 0.846. The summed E-state index contributed by atoms with van der Waals surface area (Å²) in [5.41, 5.74) is 0.493. The van der Waals surface area contributed by atoms with Gasteiger partial charge in [0.2, 0.25) is 5.91 Å². The maximum atomic E-state index is 11.8. The van der Waals surface area contributed by atoms with Crippen molar-refractivity contribution < 1.29 is 14.3 Å². The number of thiophene rings is 1. The van der Waals surface area contributed by atoms with Gasteiger partial charge in [-0.15, -0.1) is 11.3 Å². The van der Waals surface area contributed by atoms with Gasteiger partial charge >= 0.3 is 5.97 Å². The van der Waals surface area contributed by atoms with Crippen LogP contribution in [0.3, 0.4) is 0 Å². The van der Waals surface area contributed by atoms with E-state index in [0.29, 0.717) is 23.5 Å². The normalized spacial score (nSPS) is 10.2. The topological polar surface area (TPSA) is 73.2 Å². The molecule has 2 aromatic rings. The number of amides is 1. The van der Waals surface area contributed by atoms with Crippen LogP contribution in [0.4, 0.5) is 5.69 Å². The van der Waals surface area contributed by atoms with Crippen LogP contribution in [-0.2, 0) is 16.1 Å². The number of imidazole rings is 1. The van der Waals surface area contributed by atoms with Crippen LogP contribution >= 0.6 is 11.3 Å². The molecule has 0 saturated heterocycles. The second-order valence-electron chi connectivity index (χ2n) is 3.75. The largest absolute Gasteiger partial charge is 0.465 e. The molecule has 100 valence electrons. The third-order valence-corrected chi connectivity index (χ3v) is 3.36. The first kappa shape index (κ1) is 13.3. The van der Waals surface area contributed by atoms with Gasteiger partial charge in [-0.1, -0.05) is 0 Å². The Balaban J connectivity index is 1.92. The zero-order valence-electron chi connectivity index (χ0n) is 10.3. The highest BCUT2D eigenvalue weighted by Crippen LogP contribution is 2.23. The molecule has 0 unspecified atom stereocenters. The minimum absolute atomic E-state index is 0.155. The molecule has 1 N–H and O–H groups in total. The molecule has 0 aliphatic heterocycles. The third kappa shape index (κ3) is 3.41. The van der Waals surface area contributed by atoms with E-state index in [1.54, 1.807) is 30.2 Å². The maximum absolute atomic E-state index is 11.8. The van der Waals surface area contributed by atoms with E-state index in [1.165, 1.54) is 18.4 Å². The van der Waals surface area contributed by atoms with E-state index in [4.69, 9.17) is 0 Å². The molecule has 1 amide bonds. The number of nitrogens with one attached hydrogen (secondary N) is 1. The first-order valence-corrected chi connectivity index (χ1v) is 6.50. The zero-order valence-corrected chi connectivity index (χ0v) is 11.1. The maximum Gasteiger partial charge on any atom is 0.350 e. The van der Waals surface area contributed by atoms with Gasteiger partial charge in [0.15, 0.2) is 0 Å². The van der Waals surface area contributed by atoms with Gasteiger partial charge in [-0.05, 0) is 11.4 Å². The smallest absolute Gasteiger partial charge is 0.350 e. The number of methoxy groups -OCH3 is 1. The second kappa shape index (κ2) is 6.14. The summed E-state index contributed by atoms with van der Waals surface area (Å²) >= 11 is 1.24. The Morgan fingerprint density at radius 3 is 3.05 bits per heavy atom. The molecule has 0 radical (unpaired) electrons. The zero-order chi connectivity index (χ0) is 13.7. The fourth-order valence-electron chi connectivity index (χ4n) is 1.52. The molecule has 2 heterocycles. The van der Waals surface area contributed by atoms with E-state index >= 15 is 0 Å². The van der Waals surface area contributed by atoms with Gasteiger partial charge in [0.25, 0.3) is 0 Å². The molecular weight excluding hydrogens is 266 g/mol. The van der Waals surface area contributed by atoms with Gasteiger partial charge in [0, 0.05) is 25.4 Å². The van der Waals surface area contributed by atoms with Gasteiger partial charge in [-0.25, -0.2) is 9.78 Å². The number of ether oxygens (including phenoxy) is 1. The lowest BCUT2D eigenvalue weighted by molar-refractivity contribution is -0.116. The van der Waals surface area contributed by atoms with Crippen molar-refractivity contribution in [2.24, 2.45) is 0 Å². The number of esters is 1. The summed E-state index contributed by atoms with van der Waals surface area (Å²) in [5, 5.41) is 4.44. The van der Waals surface area contributed by atoms with Gasteiger partial charge in [0.1, 0.15) is 4.88 Å². The molecule has 0 saturated carbocycles. The standard InChI is InChI=1S/C12H13N3O3S/c1-18-12(17)11-9(3-7-19-11)14-10(16)2-5-15-6-4-13-8-15/h3-4,6-8H,2,5H2,1H3,(H,14,16). The fraction of sp³-hybridized carbons (Fsp3) is 0.250. The number of rotatable bonds is 5. The minimum atomic E-state index is -0.445. The molecule has 0 aromatic carbocycles. The van der Waals surface area contributed by atoms with E-state index in [0.717, 1.165) is 0 Å². The van der Waals surface area contributed by atoms with Crippen LogP contribution in [0.2, 0.25) is 0 Å². The van der Waals surface area contributed by atoms with Crippen LogP contribution in [-0.4, -0.2) is 28.5 Å². The van der Waals surface area contributed by atoms with Gasteiger partial charge in [0.05, 0.1) is 19.1 Å². The van der Waals surface area contributed by atoms with Crippen LogP contribution in [0.15, 0.2) is 30.2 Å². The van der Waals surface area contributed by atoms with E-state index < -0.39 is 5.97 Å². The Hall–Kier alpha value is -2.15. The van der Waals surface area contributed by atoms with Crippen molar-refractivity contribution >= 4 is 28.9 Å². The number of hydrogen-bond donors (Lipinski definition) is 1. The van der Waals surface area contributed by atoms with Crippen LogP contribution in [0.5, 0.6) is 0 Å². The predicted octanol–water partition coefficient (Wildman–Crippen LogP) is 1.76.